The van der Waals surface area contributed by atoms with Crippen molar-refractivity contribution in [3.63, 3.8) is 0 Å². The van der Waals surface area contributed by atoms with Crippen LogP contribution in [0.1, 0.15) is 52.9 Å². The zero-order chi connectivity index (χ0) is 14.5. The van der Waals surface area contributed by atoms with Crippen LogP contribution in [-0.4, -0.2) is 42.6 Å². The number of nitrogens with zero attached hydrogens (tertiary/aromatic N) is 1. The van der Waals surface area contributed by atoms with E-state index in [1.807, 2.05) is 0 Å². The van der Waals surface area contributed by atoms with Crippen LogP contribution in [0.2, 0.25) is 0 Å². The van der Waals surface area contributed by atoms with Crippen molar-refractivity contribution in [2.24, 2.45) is 11.7 Å². The summed E-state index contributed by atoms with van der Waals surface area (Å²) in [7, 11) is 1.44. The molecule has 4 heteroatoms. The van der Waals surface area contributed by atoms with E-state index >= 15 is 0 Å². The second-order valence-electron chi connectivity index (χ2n) is 5.89. The van der Waals surface area contributed by atoms with Crippen LogP contribution in [0.3, 0.4) is 0 Å². The summed E-state index contributed by atoms with van der Waals surface area (Å²) in [5.41, 5.74) is 5.59. The number of methoxy groups -OCH3 is 1. The summed E-state index contributed by atoms with van der Waals surface area (Å²) < 4.78 is 4.94. The standard InChI is InChI=1S/C15H30N2O2/c1-5-7-10-17(12(3)6-2)11-15(16,13-8-9-13)14(18)19-4/h12-13H,5-11,16H2,1-4H3. The fourth-order valence-electron chi connectivity index (χ4n) is 2.56. The van der Waals surface area contributed by atoms with Crippen LogP contribution < -0.4 is 5.73 Å². The Balaban J connectivity index is 2.75. The van der Waals surface area contributed by atoms with E-state index in [-0.39, 0.29) is 5.97 Å². The van der Waals surface area contributed by atoms with E-state index < -0.39 is 5.54 Å². The van der Waals surface area contributed by atoms with Gasteiger partial charge in [-0.25, -0.2) is 0 Å². The van der Waals surface area contributed by atoms with Gasteiger partial charge >= 0.3 is 5.97 Å². The van der Waals surface area contributed by atoms with Gasteiger partial charge in [0.2, 0.25) is 0 Å². The fraction of sp³-hybridized carbons (Fsp3) is 0.933. The highest BCUT2D eigenvalue weighted by molar-refractivity contribution is 5.81. The van der Waals surface area contributed by atoms with E-state index in [4.69, 9.17) is 10.5 Å². The second kappa shape index (κ2) is 7.25. The Morgan fingerprint density at radius 1 is 1.47 bits per heavy atom. The van der Waals surface area contributed by atoms with Crippen molar-refractivity contribution in [1.82, 2.24) is 4.90 Å². The SMILES string of the molecule is CCCCN(CC(N)(C(=O)OC)C1CC1)C(C)CC. The summed E-state index contributed by atoms with van der Waals surface area (Å²) in [4.78, 5) is 14.4. The van der Waals surface area contributed by atoms with Crippen molar-refractivity contribution in [2.45, 2.75) is 64.5 Å². The third-order valence-corrected chi connectivity index (χ3v) is 4.35. The molecule has 1 rings (SSSR count). The molecule has 0 aromatic carbocycles. The lowest BCUT2D eigenvalue weighted by Gasteiger charge is -2.36. The van der Waals surface area contributed by atoms with Crippen LogP contribution in [0.4, 0.5) is 0 Å². The summed E-state index contributed by atoms with van der Waals surface area (Å²) in [6.45, 7) is 8.20. The Hall–Kier alpha value is -0.610. The van der Waals surface area contributed by atoms with Gasteiger partial charge in [0, 0.05) is 12.6 Å². The van der Waals surface area contributed by atoms with Crippen LogP contribution >= 0.6 is 0 Å². The molecule has 19 heavy (non-hydrogen) atoms. The Morgan fingerprint density at radius 3 is 2.53 bits per heavy atom. The molecule has 0 aromatic rings. The smallest absolute Gasteiger partial charge is 0.327 e. The van der Waals surface area contributed by atoms with Gasteiger partial charge in [0.15, 0.2) is 0 Å². The molecule has 112 valence electrons. The highest BCUT2D eigenvalue weighted by atomic mass is 16.5. The van der Waals surface area contributed by atoms with E-state index in [0.717, 1.165) is 38.6 Å². The molecule has 0 spiro atoms. The first-order chi connectivity index (χ1) is 8.99. The minimum atomic E-state index is -0.814. The normalized spacial score (nSPS) is 20.1. The molecule has 0 bridgehead atoms. The third-order valence-electron chi connectivity index (χ3n) is 4.35. The molecule has 1 saturated carbocycles. The molecule has 0 amide bonds. The topological polar surface area (TPSA) is 55.6 Å². The zero-order valence-corrected chi connectivity index (χ0v) is 12.9. The molecule has 1 aliphatic carbocycles. The number of rotatable bonds is 9. The predicted molar refractivity (Wildman–Crippen MR) is 77.9 cm³/mol. The first-order valence-corrected chi connectivity index (χ1v) is 7.60. The van der Waals surface area contributed by atoms with Gasteiger partial charge in [-0.05, 0) is 45.1 Å². The van der Waals surface area contributed by atoms with Crippen LogP contribution in [0.5, 0.6) is 0 Å². The van der Waals surface area contributed by atoms with Gasteiger partial charge in [-0.2, -0.15) is 0 Å². The van der Waals surface area contributed by atoms with E-state index in [9.17, 15) is 4.79 Å². The number of hydrogen-bond donors (Lipinski definition) is 1. The van der Waals surface area contributed by atoms with Crippen LogP contribution in [0.25, 0.3) is 0 Å². The molecule has 1 aliphatic rings. The van der Waals surface area contributed by atoms with E-state index in [2.05, 4.69) is 25.7 Å². The zero-order valence-electron chi connectivity index (χ0n) is 12.9. The minimum absolute atomic E-state index is 0.250. The van der Waals surface area contributed by atoms with Gasteiger partial charge in [0.1, 0.15) is 5.54 Å². The van der Waals surface area contributed by atoms with Crippen LogP contribution in [0, 0.1) is 5.92 Å². The van der Waals surface area contributed by atoms with Crippen LogP contribution in [-0.2, 0) is 9.53 Å². The Bertz CT molecular complexity index is 292. The molecule has 0 saturated heterocycles. The van der Waals surface area contributed by atoms with Gasteiger partial charge in [0.25, 0.3) is 0 Å². The van der Waals surface area contributed by atoms with Crippen LogP contribution in [0.15, 0.2) is 0 Å². The third kappa shape index (κ3) is 4.18. The molecular weight excluding hydrogens is 240 g/mol. The van der Waals surface area contributed by atoms with Crippen molar-refractivity contribution in [2.75, 3.05) is 20.2 Å². The van der Waals surface area contributed by atoms with E-state index in [1.165, 1.54) is 7.11 Å². The summed E-state index contributed by atoms with van der Waals surface area (Å²) in [5.74, 6) is 0.0490. The number of carbonyl (C=O) groups is 1. The summed E-state index contributed by atoms with van der Waals surface area (Å²) in [5, 5.41) is 0. The summed E-state index contributed by atoms with van der Waals surface area (Å²) >= 11 is 0. The minimum Gasteiger partial charge on any atom is -0.468 e. The number of ether oxygens (including phenoxy) is 1. The number of esters is 1. The van der Waals surface area contributed by atoms with Gasteiger partial charge in [-0.3, -0.25) is 9.69 Å². The molecule has 2 atom stereocenters. The maximum Gasteiger partial charge on any atom is 0.327 e. The first-order valence-electron chi connectivity index (χ1n) is 7.60. The number of unbranched alkanes of at least 4 members (excludes halogenated alkanes) is 1. The highest BCUT2D eigenvalue weighted by Gasteiger charge is 2.50. The largest absolute Gasteiger partial charge is 0.468 e. The van der Waals surface area contributed by atoms with Gasteiger partial charge in [-0.1, -0.05) is 20.3 Å². The summed E-state index contributed by atoms with van der Waals surface area (Å²) in [6, 6.07) is 0.456. The first kappa shape index (κ1) is 16.4. The monoisotopic (exact) mass is 270 g/mol. The van der Waals surface area contributed by atoms with Crippen molar-refractivity contribution < 1.29 is 9.53 Å². The molecular formula is C15H30N2O2. The Labute approximate surface area is 117 Å². The molecule has 2 N–H and O–H groups in total. The average Bonchev–Trinajstić information content (AvgIpc) is 3.25. The van der Waals surface area contributed by atoms with E-state index in [1.54, 1.807) is 0 Å². The maximum absolute atomic E-state index is 12.1. The van der Waals surface area contributed by atoms with Crippen molar-refractivity contribution >= 4 is 5.97 Å². The number of nitrogens with two attached hydrogens (primary N) is 1. The lowest BCUT2D eigenvalue weighted by molar-refractivity contribution is -0.149. The molecule has 0 aliphatic heterocycles. The predicted octanol–water partition coefficient (Wildman–Crippen LogP) is 2.17. The number of hydrogen-bond acceptors (Lipinski definition) is 4. The molecule has 4 nitrogen and oxygen atoms in total. The lowest BCUT2D eigenvalue weighted by atomic mass is 9.92. The van der Waals surface area contributed by atoms with Gasteiger partial charge in [0.05, 0.1) is 7.11 Å². The molecule has 1 fully saturated rings. The Morgan fingerprint density at radius 2 is 2.11 bits per heavy atom. The summed E-state index contributed by atoms with van der Waals surface area (Å²) in [6.07, 6.45) is 5.48. The molecule has 0 aromatic heterocycles. The molecule has 2 unspecified atom stereocenters. The fourth-order valence-corrected chi connectivity index (χ4v) is 2.56. The van der Waals surface area contributed by atoms with E-state index in [0.29, 0.717) is 18.5 Å². The Kier molecular flexibility index (Phi) is 6.27. The average molecular weight is 270 g/mol. The van der Waals surface area contributed by atoms with Crippen molar-refractivity contribution in [3.8, 4) is 0 Å². The number of carbonyl (C=O) groups excluding carboxylic acids is 1. The van der Waals surface area contributed by atoms with Gasteiger partial charge < -0.3 is 10.5 Å². The van der Waals surface area contributed by atoms with Gasteiger partial charge in [-0.15, -0.1) is 0 Å². The van der Waals surface area contributed by atoms with Crippen molar-refractivity contribution in [3.05, 3.63) is 0 Å². The quantitative estimate of drug-likeness (QED) is 0.652. The highest BCUT2D eigenvalue weighted by Crippen LogP contribution is 2.39. The maximum atomic E-state index is 12.1. The lowest BCUT2D eigenvalue weighted by Crippen LogP contribution is -2.59. The molecule has 0 radical (unpaired) electrons. The second-order valence-corrected chi connectivity index (χ2v) is 5.89. The van der Waals surface area contributed by atoms with Crippen molar-refractivity contribution in [1.29, 1.82) is 0 Å². The molecule has 0 heterocycles.